The third-order valence-corrected chi connectivity index (χ3v) is 7.60. The van der Waals surface area contributed by atoms with Crippen molar-refractivity contribution in [3.8, 4) is 22.4 Å². The quantitative estimate of drug-likeness (QED) is 0.178. The van der Waals surface area contributed by atoms with Crippen LogP contribution in [0.4, 0.5) is 4.39 Å². The third kappa shape index (κ3) is 3.14. The van der Waals surface area contributed by atoms with E-state index >= 15 is 4.39 Å². The van der Waals surface area contributed by atoms with Crippen molar-refractivity contribution < 1.29 is 13.4 Å². The first-order chi connectivity index (χ1) is 18.0. The van der Waals surface area contributed by atoms with Crippen molar-refractivity contribution in [2.24, 2.45) is 7.05 Å². The summed E-state index contributed by atoms with van der Waals surface area (Å²) in [5.41, 5.74) is 7.08. The van der Waals surface area contributed by atoms with E-state index in [9.17, 15) is 0 Å². The van der Waals surface area contributed by atoms with Gasteiger partial charge in [0.25, 0.3) is 0 Å². The topological polar surface area (TPSA) is 17.0 Å². The first kappa shape index (κ1) is 21.8. The predicted octanol–water partition coefficient (Wildman–Crippen LogP) is 8.81. The molecule has 2 heterocycles. The molecular weight excluding hydrogens is 457 g/mol. The Kier molecular flexibility index (Phi) is 4.71. The minimum Gasteiger partial charge on any atom is -0.454 e. The Hall–Kier alpha value is -4.50. The molecule has 37 heavy (non-hydrogen) atoms. The van der Waals surface area contributed by atoms with Crippen LogP contribution in [0.15, 0.2) is 102 Å². The van der Waals surface area contributed by atoms with Gasteiger partial charge in [-0.1, -0.05) is 54.6 Å². The number of hydrogen-bond donors (Lipinski definition) is 0. The molecule has 0 spiro atoms. The van der Waals surface area contributed by atoms with E-state index in [0.717, 1.165) is 65.8 Å². The molecule has 0 N–H and O–H groups in total. The number of halogens is 1. The summed E-state index contributed by atoms with van der Waals surface area (Å²) in [6.45, 7) is 4.22. The van der Waals surface area contributed by atoms with Crippen molar-refractivity contribution in [2.75, 3.05) is 0 Å². The van der Waals surface area contributed by atoms with Gasteiger partial charge in [-0.3, -0.25) is 0 Å². The number of aryl methyl sites for hydroxylation is 3. The van der Waals surface area contributed by atoms with E-state index < -0.39 is 0 Å². The molecule has 0 aliphatic heterocycles. The van der Waals surface area contributed by atoms with Crippen molar-refractivity contribution in [3.05, 3.63) is 114 Å². The van der Waals surface area contributed by atoms with Crippen LogP contribution in [0.5, 0.6) is 0 Å². The third-order valence-electron chi connectivity index (χ3n) is 7.60. The number of benzene rings is 5. The highest BCUT2D eigenvalue weighted by Crippen LogP contribution is 2.45. The SMILES string of the molecule is Cc1cc(C)c2c(oc3c(-c4cc5ccccc5c5ccccc45)c(F)ccc32)c1-c1cccc[n+]1C. The van der Waals surface area contributed by atoms with Crippen LogP contribution in [-0.2, 0) is 7.05 Å². The molecule has 7 aromatic rings. The highest BCUT2D eigenvalue weighted by Gasteiger charge is 2.25. The lowest BCUT2D eigenvalue weighted by molar-refractivity contribution is -0.660. The van der Waals surface area contributed by atoms with E-state index in [4.69, 9.17) is 4.42 Å². The number of hydrogen-bond acceptors (Lipinski definition) is 1. The van der Waals surface area contributed by atoms with Crippen LogP contribution in [0.25, 0.3) is 65.9 Å². The molecule has 5 aromatic carbocycles. The maximum Gasteiger partial charge on any atom is 0.216 e. The van der Waals surface area contributed by atoms with Crippen LogP contribution in [0.1, 0.15) is 11.1 Å². The molecule has 0 unspecified atom stereocenters. The minimum atomic E-state index is -0.284. The van der Waals surface area contributed by atoms with Crippen molar-refractivity contribution in [3.63, 3.8) is 0 Å². The zero-order chi connectivity index (χ0) is 25.3. The van der Waals surface area contributed by atoms with E-state index in [1.165, 1.54) is 0 Å². The average Bonchev–Trinajstić information content (AvgIpc) is 3.29. The Labute approximate surface area is 214 Å². The van der Waals surface area contributed by atoms with E-state index in [1.54, 1.807) is 6.07 Å². The molecule has 2 aromatic heterocycles. The van der Waals surface area contributed by atoms with Crippen LogP contribution in [0.3, 0.4) is 0 Å². The molecule has 178 valence electrons. The molecule has 2 nitrogen and oxygen atoms in total. The Morgan fingerprint density at radius 2 is 1.38 bits per heavy atom. The fourth-order valence-corrected chi connectivity index (χ4v) is 5.97. The molecule has 0 fully saturated rings. The second kappa shape index (κ2) is 8.01. The van der Waals surface area contributed by atoms with Crippen molar-refractivity contribution in [2.45, 2.75) is 13.8 Å². The molecule has 0 aliphatic carbocycles. The maximum atomic E-state index is 15.9. The van der Waals surface area contributed by atoms with Gasteiger partial charge in [-0.15, -0.1) is 0 Å². The van der Waals surface area contributed by atoms with Gasteiger partial charge < -0.3 is 4.42 Å². The zero-order valence-electron chi connectivity index (χ0n) is 21.0. The Balaban J connectivity index is 1.65. The highest BCUT2D eigenvalue weighted by atomic mass is 19.1. The molecule has 0 aliphatic rings. The van der Waals surface area contributed by atoms with Gasteiger partial charge in [-0.25, -0.2) is 8.96 Å². The smallest absolute Gasteiger partial charge is 0.216 e. The molecule has 0 amide bonds. The average molecular weight is 483 g/mol. The molecule has 0 bridgehead atoms. The molecule has 0 radical (unpaired) electrons. The monoisotopic (exact) mass is 482 g/mol. The lowest BCUT2D eigenvalue weighted by Crippen LogP contribution is -2.30. The van der Waals surface area contributed by atoms with E-state index in [0.29, 0.717) is 11.1 Å². The minimum absolute atomic E-state index is 0.284. The fourth-order valence-electron chi connectivity index (χ4n) is 5.97. The summed E-state index contributed by atoms with van der Waals surface area (Å²) < 4.78 is 24.7. The number of fused-ring (bicyclic) bond motifs is 6. The molecule has 0 saturated carbocycles. The van der Waals surface area contributed by atoms with E-state index in [2.05, 4.69) is 60.9 Å². The van der Waals surface area contributed by atoms with E-state index in [1.807, 2.05) is 55.7 Å². The summed E-state index contributed by atoms with van der Waals surface area (Å²) in [6, 6.07) is 30.4. The second-order valence-electron chi connectivity index (χ2n) is 9.88. The summed E-state index contributed by atoms with van der Waals surface area (Å²) in [6.07, 6.45) is 2.04. The second-order valence-corrected chi connectivity index (χ2v) is 9.88. The first-order valence-electron chi connectivity index (χ1n) is 12.5. The van der Waals surface area contributed by atoms with Crippen LogP contribution in [0.2, 0.25) is 0 Å². The van der Waals surface area contributed by atoms with Gasteiger partial charge in [0.2, 0.25) is 5.69 Å². The Bertz CT molecular complexity index is 2030. The van der Waals surface area contributed by atoms with Gasteiger partial charge in [0.15, 0.2) is 6.20 Å². The molecular formula is C34H25FNO+. The zero-order valence-corrected chi connectivity index (χ0v) is 21.0. The number of furan rings is 1. The molecule has 0 atom stereocenters. The summed E-state index contributed by atoms with van der Waals surface area (Å²) in [5, 5.41) is 6.31. The maximum absolute atomic E-state index is 15.9. The van der Waals surface area contributed by atoms with Gasteiger partial charge in [0.1, 0.15) is 24.0 Å². The van der Waals surface area contributed by atoms with Gasteiger partial charge in [0, 0.05) is 22.9 Å². The largest absolute Gasteiger partial charge is 0.454 e. The number of aromatic nitrogens is 1. The predicted molar refractivity (Wildman–Crippen MR) is 150 cm³/mol. The number of pyridine rings is 1. The standard InChI is InChI=1S/C34H25FNO/c1-20-18-21(2)31(29-14-8-9-17-36(29)3)34-30(20)26-15-16-28(35)32(33(26)37-34)27-19-22-10-4-5-11-23(22)24-12-6-7-13-25(24)27/h4-19H,1-3H3/q+1. The molecule has 7 rings (SSSR count). The van der Waals surface area contributed by atoms with E-state index in [-0.39, 0.29) is 5.82 Å². The molecule has 0 saturated heterocycles. The van der Waals surface area contributed by atoms with Gasteiger partial charge >= 0.3 is 0 Å². The van der Waals surface area contributed by atoms with Gasteiger partial charge in [-0.05, 0) is 76.3 Å². The normalized spacial score (nSPS) is 11.8. The Morgan fingerprint density at radius 3 is 2.19 bits per heavy atom. The summed E-state index contributed by atoms with van der Waals surface area (Å²) in [4.78, 5) is 0. The van der Waals surface area contributed by atoms with Crippen LogP contribution in [-0.4, -0.2) is 0 Å². The fraction of sp³-hybridized carbons (Fsp3) is 0.0882. The van der Waals surface area contributed by atoms with Gasteiger partial charge in [0.05, 0.1) is 11.1 Å². The first-order valence-corrected chi connectivity index (χ1v) is 12.5. The number of nitrogens with zero attached hydrogens (tertiary/aromatic N) is 1. The summed E-state index contributed by atoms with van der Waals surface area (Å²) in [5.74, 6) is -0.284. The Morgan fingerprint density at radius 1 is 0.649 bits per heavy atom. The summed E-state index contributed by atoms with van der Waals surface area (Å²) >= 11 is 0. The van der Waals surface area contributed by atoms with Crippen molar-refractivity contribution in [1.29, 1.82) is 0 Å². The van der Waals surface area contributed by atoms with Crippen LogP contribution in [0, 0.1) is 19.7 Å². The van der Waals surface area contributed by atoms with Gasteiger partial charge in [-0.2, -0.15) is 0 Å². The summed E-state index contributed by atoms with van der Waals surface area (Å²) in [7, 11) is 2.04. The highest BCUT2D eigenvalue weighted by molar-refractivity contribution is 6.19. The van der Waals surface area contributed by atoms with Crippen LogP contribution >= 0.6 is 0 Å². The van der Waals surface area contributed by atoms with Crippen LogP contribution < -0.4 is 4.57 Å². The van der Waals surface area contributed by atoms with Crippen molar-refractivity contribution >= 4 is 43.5 Å². The molecule has 3 heteroatoms. The lowest BCUT2D eigenvalue weighted by Gasteiger charge is -2.12. The number of rotatable bonds is 2. The lowest BCUT2D eigenvalue weighted by atomic mass is 9.91. The van der Waals surface area contributed by atoms with Crippen molar-refractivity contribution in [1.82, 2.24) is 0 Å².